The van der Waals surface area contributed by atoms with Crippen LogP contribution in [0.15, 0.2) is 29.2 Å². The Morgan fingerprint density at radius 2 is 2.15 bits per heavy atom. The quantitative estimate of drug-likeness (QED) is 0.873. The molecule has 0 aliphatic carbocycles. The zero-order chi connectivity index (χ0) is 14.5. The number of likely N-dealkylation sites (tertiary alicyclic amines) is 1. The normalized spacial score (nSPS) is 18.8. The van der Waals surface area contributed by atoms with Crippen LogP contribution in [0, 0.1) is 5.92 Å². The van der Waals surface area contributed by atoms with Crippen LogP contribution in [0.2, 0.25) is 0 Å². The molecule has 0 radical (unpaired) electrons. The van der Waals surface area contributed by atoms with E-state index in [2.05, 4.69) is 0 Å². The molecule has 1 saturated heterocycles. The lowest BCUT2D eigenvalue weighted by molar-refractivity contribution is -0.145. The molecule has 0 saturated carbocycles. The molecule has 2 heterocycles. The second-order valence-corrected chi connectivity index (χ2v) is 5.00. The Balaban J connectivity index is 1.90. The van der Waals surface area contributed by atoms with Gasteiger partial charge in [-0.05, 0) is 18.9 Å². The van der Waals surface area contributed by atoms with E-state index in [4.69, 9.17) is 5.11 Å². The first kappa shape index (κ1) is 14.3. The molecular weight excluding hydrogens is 260 g/mol. The van der Waals surface area contributed by atoms with E-state index in [1.54, 1.807) is 23.2 Å². The molecule has 6 nitrogen and oxygen atoms in total. The Hall–Kier alpha value is -2.11. The van der Waals surface area contributed by atoms with Gasteiger partial charge >= 0.3 is 5.97 Å². The highest BCUT2D eigenvalue weighted by atomic mass is 16.4. The van der Waals surface area contributed by atoms with Gasteiger partial charge < -0.3 is 14.6 Å². The number of aliphatic carboxylic acids is 1. The lowest BCUT2D eigenvalue weighted by atomic mass is 9.98. The number of hydrogen-bond donors (Lipinski definition) is 1. The second kappa shape index (κ2) is 6.36. The van der Waals surface area contributed by atoms with Gasteiger partial charge in [0.05, 0.1) is 5.92 Å². The summed E-state index contributed by atoms with van der Waals surface area (Å²) in [5.41, 5.74) is -0.137. The Labute approximate surface area is 116 Å². The van der Waals surface area contributed by atoms with Crippen molar-refractivity contribution in [3.63, 3.8) is 0 Å². The number of nitrogens with zero attached hydrogens (tertiary/aromatic N) is 2. The fraction of sp³-hybridized carbons (Fsp3) is 0.500. The van der Waals surface area contributed by atoms with Crippen LogP contribution in [0.5, 0.6) is 0 Å². The van der Waals surface area contributed by atoms with Crippen LogP contribution < -0.4 is 5.56 Å². The first-order valence-electron chi connectivity index (χ1n) is 6.74. The standard InChI is InChI=1S/C14H18N2O4/c17-12-5-1-2-7-15(12)9-6-13(18)16-8-3-4-11(10-16)14(19)20/h1-2,5,7,11H,3-4,6,8-10H2,(H,19,20)/t11-/m1/s1. The average Bonchev–Trinajstić information content (AvgIpc) is 2.46. The number of carbonyl (C=O) groups is 2. The SMILES string of the molecule is O=C(O)[C@@H]1CCCN(C(=O)CCn2ccccc2=O)C1. The highest BCUT2D eigenvalue weighted by molar-refractivity contribution is 5.78. The van der Waals surface area contributed by atoms with Gasteiger partial charge in [0.15, 0.2) is 0 Å². The van der Waals surface area contributed by atoms with E-state index in [1.165, 1.54) is 10.6 Å². The molecule has 1 N–H and O–H groups in total. The Morgan fingerprint density at radius 1 is 1.35 bits per heavy atom. The zero-order valence-electron chi connectivity index (χ0n) is 11.2. The van der Waals surface area contributed by atoms with Gasteiger partial charge in [0.25, 0.3) is 5.56 Å². The summed E-state index contributed by atoms with van der Waals surface area (Å²) in [7, 11) is 0. The van der Waals surface area contributed by atoms with Crippen LogP contribution >= 0.6 is 0 Å². The molecule has 2 rings (SSSR count). The van der Waals surface area contributed by atoms with E-state index >= 15 is 0 Å². The maximum Gasteiger partial charge on any atom is 0.308 e. The van der Waals surface area contributed by atoms with Gasteiger partial charge in [-0.15, -0.1) is 0 Å². The fourth-order valence-electron chi connectivity index (χ4n) is 2.42. The first-order valence-corrected chi connectivity index (χ1v) is 6.74. The number of aromatic nitrogens is 1. The maximum absolute atomic E-state index is 12.1. The average molecular weight is 278 g/mol. The van der Waals surface area contributed by atoms with E-state index < -0.39 is 11.9 Å². The summed E-state index contributed by atoms with van der Waals surface area (Å²) in [5.74, 6) is -1.40. The van der Waals surface area contributed by atoms with Crippen LogP contribution in [0.1, 0.15) is 19.3 Å². The third kappa shape index (κ3) is 3.46. The Morgan fingerprint density at radius 3 is 2.85 bits per heavy atom. The van der Waals surface area contributed by atoms with Gasteiger partial charge in [-0.3, -0.25) is 14.4 Å². The van der Waals surface area contributed by atoms with Crippen LogP contribution in [0.4, 0.5) is 0 Å². The molecule has 20 heavy (non-hydrogen) atoms. The van der Waals surface area contributed by atoms with Crippen LogP contribution in [-0.2, 0) is 16.1 Å². The molecule has 1 aliphatic heterocycles. The van der Waals surface area contributed by atoms with E-state index in [0.717, 1.165) is 0 Å². The topological polar surface area (TPSA) is 79.6 Å². The summed E-state index contributed by atoms with van der Waals surface area (Å²) < 4.78 is 1.48. The Bertz CT molecular complexity index is 552. The largest absolute Gasteiger partial charge is 0.481 e. The van der Waals surface area contributed by atoms with Crippen molar-refractivity contribution in [1.29, 1.82) is 0 Å². The first-order chi connectivity index (χ1) is 9.58. The predicted octanol–water partition coefficient (Wildman–Crippen LogP) is 0.562. The third-order valence-electron chi connectivity index (χ3n) is 3.59. The third-order valence-corrected chi connectivity index (χ3v) is 3.59. The molecule has 0 unspecified atom stereocenters. The van der Waals surface area contributed by atoms with Crippen molar-refractivity contribution in [3.8, 4) is 0 Å². The number of amides is 1. The van der Waals surface area contributed by atoms with E-state index in [-0.39, 0.29) is 24.4 Å². The van der Waals surface area contributed by atoms with E-state index in [9.17, 15) is 14.4 Å². The number of piperidine rings is 1. The van der Waals surface area contributed by atoms with Crippen LogP contribution in [-0.4, -0.2) is 39.5 Å². The summed E-state index contributed by atoms with van der Waals surface area (Å²) in [4.78, 5) is 36.1. The van der Waals surface area contributed by atoms with Crippen molar-refractivity contribution in [3.05, 3.63) is 34.7 Å². The molecule has 6 heteroatoms. The van der Waals surface area contributed by atoms with Crippen molar-refractivity contribution < 1.29 is 14.7 Å². The van der Waals surface area contributed by atoms with Crippen LogP contribution in [0.25, 0.3) is 0 Å². The van der Waals surface area contributed by atoms with Gasteiger partial charge in [-0.1, -0.05) is 6.07 Å². The lowest BCUT2D eigenvalue weighted by Gasteiger charge is -2.30. The van der Waals surface area contributed by atoms with Gasteiger partial charge in [0, 0.05) is 38.3 Å². The molecule has 1 amide bonds. The number of rotatable bonds is 4. The summed E-state index contributed by atoms with van der Waals surface area (Å²) in [5, 5.41) is 9.00. The van der Waals surface area contributed by atoms with Gasteiger partial charge in [0.2, 0.25) is 5.91 Å². The maximum atomic E-state index is 12.1. The van der Waals surface area contributed by atoms with E-state index in [0.29, 0.717) is 25.9 Å². The van der Waals surface area contributed by atoms with Crippen molar-refractivity contribution in [2.45, 2.75) is 25.8 Å². The van der Waals surface area contributed by atoms with Crippen molar-refractivity contribution in [2.75, 3.05) is 13.1 Å². The lowest BCUT2D eigenvalue weighted by Crippen LogP contribution is -2.42. The number of carboxylic acid groups (broad SMARTS) is 1. The molecule has 1 fully saturated rings. The number of carboxylic acids is 1. The van der Waals surface area contributed by atoms with Gasteiger partial charge in [-0.2, -0.15) is 0 Å². The summed E-state index contributed by atoms with van der Waals surface area (Å²) in [6.07, 6.45) is 3.20. The van der Waals surface area contributed by atoms with Crippen LogP contribution in [0.3, 0.4) is 0 Å². The molecule has 1 aliphatic rings. The number of hydrogen-bond acceptors (Lipinski definition) is 3. The predicted molar refractivity (Wildman–Crippen MR) is 72.3 cm³/mol. The molecule has 1 aromatic rings. The monoisotopic (exact) mass is 278 g/mol. The number of aryl methyl sites for hydroxylation is 1. The molecule has 0 spiro atoms. The van der Waals surface area contributed by atoms with Crippen molar-refractivity contribution >= 4 is 11.9 Å². The number of pyridine rings is 1. The van der Waals surface area contributed by atoms with Crippen molar-refractivity contribution in [1.82, 2.24) is 9.47 Å². The molecule has 0 bridgehead atoms. The summed E-state index contributed by atoms with van der Waals surface area (Å²) >= 11 is 0. The second-order valence-electron chi connectivity index (χ2n) is 5.00. The van der Waals surface area contributed by atoms with E-state index in [1.807, 2.05) is 0 Å². The summed E-state index contributed by atoms with van der Waals surface area (Å²) in [6, 6.07) is 4.85. The minimum absolute atomic E-state index is 0.0910. The zero-order valence-corrected chi connectivity index (χ0v) is 11.2. The Kier molecular flexibility index (Phi) is 4.55. The molecule has 1 atom stereocenters. The highest BCUT2D eigenvalue weighted by Crippen LogP contribution is 2.17. The van der Waals surface area contributed by atoms with Gasteiger partial charge in [0.1, 0.15) is 0 Å². The number of carbonyl (C=O) groups excluding carboxylic acids is 1. The minimum Gasteiger partial charge on any atom is -0.481 e. The highest BCUT2D eigenvalue weighted by Gasteiger charge is 2.27. The summed E-state index contributed by atoms with van der Waals surface area (Å²) in [6.45, 7) is 1.21. The smallest absolute Gasteiger partial charge is 0.308 e. The molecule has 1 aromatic heterocycles. The van der Waals surface area contributed by atoms with Crippen molar-refractivity contribution in [2.24, 2.45) is 5.92 Å². The minimum atomic E-state index is -0.846. The molecule has 108 valence electrons. The fourth-order valence-corrected chi connectivity index (χ4v) is 2.42. The molecular formula is C14H18N2O4. The molecule has 0 aromatic carbocycles. The van der Waals surface area contributed by atoms with Gasteiger partial charge in [-0.25, -0.2) is 0 Å².